The number of hydrogen-bond donors (Lipinski definition) is 0. The molecule has 0 unspecified atom stereocenters. The van der Waals surface area contributed by atoms with Crippen molar-refractivity contribution in [3.63, 3.8) is 0 Å². The van der Waals surface area contributed by atoms with Gasteiger partial charge >= 0.3 is 11.7 Å². The zero-order valence-corrected chi connectivity index (χ0v) is 16.9. The Morgan fingerprint density at radius 2 is 1.75 bits per heavy atom. The lowest BCUT2D eigenvalue weighted by molar-refractivity contribution is -0.138. The number of aryl methyl sites for hydroxylation is 3. The topological polar surface area (TPSA) is 90.6 Å². The van der Waals surface area contributed by atoms with Crippen LogP contribution in [0.25, 0.3) is 11.0 Å². The third-order valence-electron chi connectivity index (χ3n) is 4.62. The highest BCUT2D eigenvalue weighted by Crippen LogP contribution is 2.26. The van der Waals surface area contributed by atoms with E-state index >= 15 is 0 Å². The number of carbonyl (C=O) groups excluding carboxylic acids is 1. The molecule has 0 radical (unpaired) electrons. The number of carbonyl (C=O) groups is 1. The first-order valence-electron chi connectivity index (χ1n) is 8.48. The molecule has 0 saturated carbocycles. The maximum absolute atomic E-state index is 13.4. The molecule has 8 nitrogen and oxygen atoms in total. The molecule has 0 saturated heterocycles. The first-order valence-corrected chi connectivity index (χ1v) is 9.92. The number of nitrogens with zero attached hydrogens (tertiary/aromatic N) is 3. The van der Waals surface area contributed by atoms with Crippen LogP contribution in [0.1, 0.15) is 5.56 Å². The van der Waals surface area contributed by atoms with Crippen LogP contribution < -0.4 is 9.99 Å². The fraction of sp³-hybridized carbons (Fsp3) is 0.263. The molecule has 1 aromatic heterocycles. The smallest absolute Gasteiger partial charge is 0.328 e. The largest absolute Gasteiger partial charge is 0.468 e. The Morgan fingerprint density at radius 3 is 2.39 bits per heavy atom. The van der Waals surface area contributed by atoms with Crippen LogP contribution in [0.5, 0.6) is 0 Å². The summed E-state index contributed by atoms with van der Waals surface area (Å²) in [6.07, 6.45) is 0. The summed E-state index contributed by atoms with van der Waals surface area (Å²) in [4.78, 5) is 24.0. The zero-order valence-electron chi connectivity index (χ0n) is 16.0. The number of ether oxygens (including phenoxy) is 1. The second-order valence-electron chi connectivity index (χ2n) is 6.48. The molecule has 0 aliphatic carbocycles. The number of esters is 1. The van der Waals surface area contributed by atoms with Crippen molar-refractivity contribution in [1.29, 1.82) is 0 Å². The molecule has 28 heavy (non-hydrogen) atoms. The molecule has 0 aliphatic heterocycles. The van der Waals surface area contributed by atoms with Crippen LogP contribution in [0, 0.1) is 6.92 Å². The summed E-state index contributed by atoms with van der Waals surface area (Å²) >= 11 is 0. The van der Waals surface area contributed by atoms with Crippen molar-refractivity contribution in [1.82, 2.24) is 9.13 Å². The maximum atomic E-state index is 13.4. The first kappa shape index (κ1) is 19.7. The Hall–Kier alpha value is -3.07. The van der Waals surface area contributed by atoms with Gasteiger partial charge in [-0.15, -0.1) is 0 Å². The minimum absolute atomic E-state index is 0.0217. The predicted molar refractivity (Wildman–Crippen MR) is 106 cm³/mol. The molecule has 148 valence electrons. The van der Waals surface area contributed by atoms with E-state index in [0.717, 1.165) is 9.87 Å². The summed E-state index contributed by atoms with van der Waals surface area (Å²) in [6, 6.07) is 11.3. The first-order chi connectivity index (χ1) is 13.2. The quantitative estimate of drug-likeness (QED) is 0.603. The van der Waals surface area contributed by atoms with Crippen LogP contribution in [-0.4, -0.2) is 37.2 Å². The molecule has 9 heteroatoms. The fourth-order valence-electron chi connectivity index (χ4n) is 3.05. The molecule has 1 heterocycles. The highest BCUT2D eigenvalue weighted by molar-refractivity contribution is 7.92. The lowest BCUT2D eigenvalue weighted by Gasteiger charge is -2.23. The average Bonchev–Trinajstić information content (AvgIpc) is 2.89. The molecule has 0 fully saturated rings. The third-order valence-corrected chi connectivity index (χ3v) is 6.39. The van der Waals surface area contributed by atoms with Crippen molar-refractivity contribution in [2.75, 3.05) is 18.0 Å². The zero-order chi connectivity index (χ0) is 20.6. The highest BCUT2D eigenvalue weighted by atomic mass is 32.2. The number of methoxy groups -OCH3 is 1. The van der Waals surface area contributed by atoms with Crippen molar-refractivity contribution in [2.24, 2.45) is 14.1 Å². The molecule has 3 rings (SSSR count). The van der Waals surface area contributed by atoms with E-state index in [9.17, 15) is 18.0 Å². The molecule has 0 N–H and O–H groups in total. The van der Waals surface area contributed by atoms with E-state index in [1.165, 1.54) is 28.4 Å². The minimum atomic E-state index is -4.08. The van der Waals surface area contributed by atoms with Gasteiger partial charge in [0, 0.05) is 14.1 Å². The number of aromatic nitrogens is 2. The number of sulfonamides is 1. The van der Waals surface area contributed by atoms with E-state index in [-0.39, 0.29) is 10.6 Å². The average molecular weight is 403 g/mol. The van der Waals surface area contributed by atoms with Gasteiger partial charge < -0.3 is 4.74 Å². The molecular formula is C19H21N3O5S. The molecule has 0 aliphatic rings. The summed E-state index contributed by atoms with van der Waals surface area (Å²) in [5, 5.41) is 0. The van der Waals surface area contributed by atoms with Gasteiger partial charge in [0.15, 0.2) is 0 Å². The molecule has 2 aromatic carbocycles. The Kier molecular flexibility index (Phi) is 5.03. The number of hydrogen-bond acceptors (Lipinski definition) is 5. The van der Waals surface area contributed by atoms with Crippen molar-refractivity contribution in [3.05, 3.63) is 58.5 Å². The van der Waals surface area contributed by atoms with E-state index in [4.69, 9.17) is 0 Å². The molecule has 0 bridgehead atoms. The van der Waals surface area contributed by atoms with Crippen LogP contribution in [0.15, 0.2) is 52.2 Å². The van der Waals surface area contributed by atoms with E-state index in [2.05, 4.69) is 4.74 Å². The maximum Gasteiger partial charge on any atom is 0.328 e. The monoisotopic (exact) mass is 403 g/mol. The van der Waals surface area contributed by atoms with Gasteiger partial charge in [0.1, 0.15) is 6.54 Å². The van der Waals surface area contributed by atoms with E-state index in [1.54, 1.807) is 38.4 Å². The minimum Gasteiger partial charge on any atom is -0.468 e. The Morgan fingerprint density at radius 1 is 1.07 bits per heavy atom. The summed E-state index contributed by atoms with van der Waals surface area (Å²) in [5.41, 5.74) is 2.04. The van der Waals surface area contributed by atoms with Crippen molar-refractivity contribution in [2.45, 2.75) is 11.8 Å². The van der Waals surface area contributed by atoms with Gasteiger partial charge in [0.2, 0.25) is 0 Å². The van der Waals surface area contributed by atoms with Crippen LogP contribution in [0.3, 0.4) is 0 Å². The Bertz CT molecular complexity index is 1220. The molecule has 0 atom stereocenters. The molecule has 3 aromatic rings. The number of imidazole rings is 1. The lowest BCUT2D eigenvalue weighted by atomic mass is 10.2. The van der Waals surface area contributed by atoms with Crippen molar-refractivity contribution in [3.8, 4) is 0 Å². The normalized spacial score (nSPS) is 11.6. The van der Waals surface area contributed by atoms with Gasteiger partial charge in [-0.05, 0) is 42.8 Å². The van der Waals surface area contributed by atoms with Gasteiger partial charge in [-0.25, -0.2) is 13.2 Å². The van der Waals surface area contributed by atoms with Gasteiger partial charge in [0.05, 0.1) is 28.7 Å². The van der Waals surface area contributed by atoms with E-state index in [0.29, 0.717) is 16.7 Å². The van der Waals surface area contributed by atoms with Gasteiger partial charge in [-0.3, -0.25) is 18.2 Å². The Balaban J connectivity index is 2.18. The van der Waals surface area contributed by atoms with E-state index < -0.39 is 22.5 Å². The summed E-state index contributed by atoms with van der Waals surface area (Å²) in [6.45, 7) is 1.37. The summed E-state index contributed by atoms with van der Waals surface area (Å²) in [5.74, 6) is -0.682. The van der Waals surface area contributed by atoms with Crippen LogP contribution in [0.4, 0.5) is 5.69 Å². The number of benzene rings is 2. The fourth-order valence-corrected chi connectivity index (χ4v) is 4.48. The summed E-state index contributed by atoms with van der Waals surface area (Å²) < 4.78 is 35.2. The SMILES string of the molecule is COC(=O)CN(c1cccc(C)c1)S(=O)(=O)c1ccc2c(c1)n(C)c(=O)n2C. The van der Waals surface area contributed by atoms with Crippen LogP contribution in [-0.2, 0) is 33.7 Å². The van der Waals surface area contributed by atoms with Crippen molar-refractivity contribution >= 4 is 32.7 Å². The number of anilines is 1. The van der Waals surface area contributed by atoms with E-state index in [1.807, 2.05) is 13.0 Å². The summed E-state index contributed by atoms with van der Waals surface area (Å²) in [7, 11) is 0.321. The van der Waals surface area contributed by atoms with Gasteiger partial charge in [-0.2, -0.15) is 0 Å². The molecule has 0 spiro atoms. The second-order valence-corrected chi connectivity index (χ2v) is 8.34. The predicted octanol–water partition coefficient (Wildman–Crippen LogP) is 1.55. The standard InChI is InChI=1S/C19H21N3O5S/c1-13-6-5-7-14(10-13)22(12-18(23)27-4)28(25,26)15-8-9-16-17(11-15)21(3)19(24)20(16)2/h5-11H,12H2,1-4H3. The number of rotatable bonds is 5. The molecular weight excluding hydrogens is 382 g/mol. The third kappa shape index (κ3) is 3.29. The second kappa shape index (κ2) is 7.16. The highest BCUT2D eigenvalue weighted by Gasteiger charge is 2.28. The van der Waals surface area contributed by atoms with Crippen molar-refractivity contribution < 1.29 is 17.9 Å². The van der Waals surface area contributed by atoms with Gasteiger partial charge in [-0.1, -0.05) is 12.1 Å². The van der Waals surface area contributed by atoms with Gasteiger partial charge in [0.25, 0.3) is 10.0 Å². The molecule has 0 amide bonds. The lowest BCUT2D eigenvalue weighted by Crippen LogP contribution is -2.36. The Labute approximate surface area is 162 Å². The van der Waals surface area contributed by atoms with Crippen LogP contribution in [0.2, 0.25) is 0 Å². The van der Waals surface area contributed by atoms with Crippen LogP contribution >= 0.6 is 0 Å². The number of fused-ring (bicyclic) bond motifs is 1.